The second kappa shape index (κ2) is 8.49. The topological polar surface area (TPSA) is 84.4 Å². The van der Waals surface area contributed by atoms with Gasteiger partial charge in [0.05, 0.1) is 11.2 Å². The Kier molecular flexibility index (Phi) is 5.63. The number of aromatic nitrogens is 2. The average molecular weight is 415 g/mol. The van der Waals surface area contributed by atoms with Gasteiger partial charge in [0.2, 0.25) is 5.91 Å². The second-order valence-corrected chi connectivity index (χ2v) is 7.89. The van der Waals surface area contributed by atoms with Crippen molar-refractivity contribution in [2.75, 3.05) is 11.9 Å². The number of likely N-dealkylation sites (tertiary alicyclic amines) is 1. The van der Waals surface area contributed by atoms with E-state index in [9.17, 15) is 9.59 Å². The summed E-state index contributed by atoms with van der Waals surface area (Å²) >= 11 is 2.86. The number of nitrogens with zero attached hydrogens (tertiary/aromatic N) is 3. The minimum absolute atomic E-state index is 0.170. The quantitative estimate of drug-likeness (QED) is 0.668. The molecule has 0 saturated carbocycles. The summed E-state index contributed by atoms with van der Waals surface area (Å²) in [5.74, 6) is 0.231. The number of anilines is 1. The van der Waals surface area contributed by atoms with Crippen LogP contribution in [0.2, 0.25) is 0 Å². The minimum atomic E-state index is -0.490. The summed E-state index contributed by atoms with van der Waals surface area (Å²) in [4.78, 5) is 35.5. The Morgan fingerprint density at radius 3 is 3.04 bits per heavy atom. The average Bonchev–Trinajstić information content (AvgIpc) is 3.48. The van der Waals surface area contributed by atoms with Crippen molar-refractivity contribution < 1.29 is 14.3 Å². The molecule has 1 unspecified atom stereocenters. The molecular weight excluding hydrogens is 396 g/mol. The highest BCUT2D eigenvalue weighted by molar-refractivity contribution is 7.13. The van der Waals surface area contributed by atoms with Gasteiger partial charge >= 0.3 is 0 Å². The molecule has 2 amide bonds. The van der Waals surface area contributed by atoms with E-state index in [4.69, 9.17) is 4.74 Å². The van der Waals surface area contributed by atoms with Gasteiger partial charge in [0.25, 0.3) is 5.91 Å². The molecule has 0 aliphatic carbocycles. The van der Waals surface area contributed by atoms with Gasteiger partial charge in [-0.1, -0.05) is 6.07 Å². The van der Waals surface area contributed by atoms with Crippen molar-refractivity contribution in [3.63, 3.8) is 0 Å². The molecule has 1 aliphatic heterocycles. The van der Waals surface area contributed by atoms with Gasteiger partial charge in [0.1, 0.15) is 18.4 Å². The lowest BCUT2D eigenvalue weighted by Crippen LogP contribution is -2.43. The fourth-order valence-corrected chi connectivity index (χ4v) is 4.18. The van der Waals surface area contributed by atoms with E-state index in [1.165, 1.54) is 22.7 Å². The van der Waals surface area contributed by atoms with E-state index >= 15 is 0 Å². The zero-order valence-electron chi connectivity index (χ0n) is 14.9. The molecule has 0 spiro atoms. The third-order valence-corrected chi connectivity index (χ3v) is 5.75. The number of carbonyl (C=O) groups excluding carboxylic acids is 2. The van der Waals surface area contributed by atoms with Gasteiger partial charge in [-0.15, -0.1) is 22.7 Å². The van der Waals surface area contributed by atoms with Gasteiger partial charge in [-0.05, 0) is 31.0 Å². The molecule has 1 atom stereocenters. The summed E-state index contributed by atoms with van der Waals surface area (Å²) in [7, 11) is 0. The van der Waals surface area contributed by atoms with Crippen LogP contribution in [0.3, 0.4) is 0 Å². The highest BCUT2D eigenvalue weighted by atomic mass is 32.1. The highest BCUT2D eigenvalue weighted by Crippen LogP contribution is 2.24. The predicted molar refractivity (Wildman–Crippen MR) is 108 cm³/mol. The fourth-order valence-electron chi connectivity index (χ4n) is 3.11. The number of thiazole rings is 2. The normalized spacial score (nSPS) is 16.1. The first kappa shape index (κ1) is 18.6. The van der Waals surface area contributed by atoms with Gasteiger partial charge in [0, 0.05) is 29.1 Å². The lowest BCUT2D eigenvalue weighted by molar-refractivity contribution is -0.119. The number of ether oxygens (including phenoxy) is 1. The molecule has 2 aromatic heterocycles. The first-order valence-electron chi connectivity index (χ1n) is 8.82. The van der Waals surface area contributed by atoms with Gasteiger partial charge in [0.15, 0.2) is 5.13 Å². The smallest absolute Gasteiger partial charge is 0.254 e. The van der Waals surface area contributed by atoms with E-state index in [2.05, 4.69) is 15.3 Å². The maximum absolute atomic E-state index is 13.0. The molecule has 3 heterocycles. The van der Waals surface area contributed by atoms with Crippen LogP contribution in [0, 0.1) is 0 Å². The Morgan fingerprint density at radius 2 is 2.25 bits per heavy atom. The van der Waals surface area contributed by atoms with E-state index in [0.29, 0.717) is 36.0 Å². The van der Waals surface area contributed by atoms with Crippen LogP contribution in [-0.4, -0.2) is 39.3 Å². The third-order valence-electron chi connectivity index (χ3n) is 4.43. The van der Waals surface area contributed by atoms with E-state index in [-0.39, 0.29) is 11.8 Å². The van der Waals surface area contributed by atoms with Crippen LogP contribution in [0.1, 0.15) is 28.9 Å². The minimum Gasteiger partial charge on any atom is -0.487 e. The van der Waals surface area contributed by atoms with E-state index in [1.807, 2.05) is 5.38 Å². The zero-order valence-corrected chi connectivity index (χ0v) is 16.5. The second-order valence-electron chi connectivity index (χ2n) is 6.28. The lowest BCUT2D eigenvalue weighted by Gasteiger charge is -2.23. The van der Waals surface area contributed by atoms with Crippen LogP contribution in [0.25, 0.3) is 0 Å². The van der Waals surface area contributed by atoms with Crippen LogP contribution in [0.5, 0.6) is 5.75 Å². The summed E-state index contributed by atoms with van der Waals surface area (Å²) in [5, 5.41) is 7.05. The third kappa shape index (κ3) is 4.20. The maximum Gasteiger partial charge on any atom is 0.254 e. The van der Waals surface area contributed by atoms with Crippen molar-refractivity contribution in [3.8, 4) is 5.75 Å². The van der Waals surface area contributed by atoms with Gasteiger partial charge in [-0.2, -0.15) is 0 Å². The molecular formula is C19H18N4O3S2. The Morgan fingerprint density at radius 1 is 1.32 bits per heavy atom. The summed E-state index contributed by atoms with van der Waals surface area (Å²) < 4.78 is 5.74. The van der Waals surface area contributed by atoms with Gasteiger partial charge in [-0.3, -0.25) is 9.59 Å². The summed E-state index contributed by atoms with van der Waals surface area (Å²) in [6, 6.07) is 6.55. The number of rotatable bonds is 6. The van der Waals surface area contributed by atoms with Gasteiger partial charge < -0.3 is 15.0 Å². The van der Waals surface area contributed by atoms with Gasteiger partial charge in [-0.25, -0.2) is 9.97 Å². The van der Waals surface area contributed by atoms with Crippen LogP contribution >= 0.6 is 22.7 Å². The molecule has 1 aromatic carbocycles. The van der Waals surface area contributed by atoms with Crippen LogP contribution < -0.4 is 10.1 Å². The van der Waals surface area contributed by atoms with Crippen molar-refractivity contribution >= 4 is 39.6 Å². The molecule has 7 nitrogen and oxygen atoms in total. The molecule has 1 saturated heterocycles. The lowest BCUT2D eigenvalue weighted by atomic mass is 10.1. The molecule has 1 aliphatic rings. The molecule has 0 bridgehead atoms. The van der Waals surface area contributed by atoms with Crippen molar-refractivity contribution in [2.45, 2.75) is 25.5 Å². The fraction of sp³-hybridized carbons (Fsp3) is 0.263. The Bertz CT molecular complexity index is 944. The number of nitrogens with one attached hydrogen (secondary N) is 1. The highest BCUT2D eigenvalue weighted by Gasteiger charge is 2.34. The summed E-state index contributed by atoms with van der Waals surface area (Å²) in [6.07, 6.45) is 3.07. The Hall–Kier alpha value is -2.78. The maximum atomic E-state index is 13.0. The van der Waals surface area contributed by atoms with E-state index < -0.39 is 6.04 Å². The molecule has 28 heavy (non-hydrogen) atoms. The van der Waals surface area contributed by atoms with Crippen LogP contribution in [-0.2, 0) is 11.4 Å². The van der Waals surface area contributed by atoms with E-state index in [0.717, 1.165) is 12.1 Å². The van der Waals surface area contributed by atoms with E-state index in [1.54, 1.807) is 46.3 Å². The van der Waals surface area contributed by atoms with Crippen molar-refractivity contribution in [1.82, 2.24) is 14.9 Å². The molecule has 144 valence electrons. The predicted octanol–water partition coefficient (Wildman–Crippen LogP) is 3.42. The molecule has 1 N–H and O–H groups in total. The number of hydrogen-bond acceptors (Lipinski definition) is 7. The largest absolute Gasteiger partial charge is 0.487 e. The Labute approximate surface area is 170 Å². The Balaban J connectivity index is 1.44. The van der Waals surface area contributed by atoms with Crippen molar-refractivity contribution in [2.24, 2.45) is 0 Å². The number of carbonyl (C=O) groups is 2. The van der Waals surface area contributed by atoms with Crippen molar-refractivity contribution in [1.29, 1.82) is 0 Å². The standard InChI is InChI=1S/C19H18N4O3S2/c24-17(22-19-20-6-8-28-19)16-5-2-7-23(16)18(25)13-3-1-4-15(9-13)26-10-14-11-27-12-21-14/h1,3-4,6,8-9,11-12,16H,2,5,7,10H2,(H,20,22,24). The molecule has 9 heteroatoms. The number of hydrogen-bond donors (Lipinski definition) is 1. The SMILES string of the molecule is O=C(Nc1nccs1)C1CCCN1C(=O)c1cccc(OCc2cscn2)c1. The summed E-state index contributed by atoms with van der Waals surface area (Å²) in [5.41, 5.74) is 3.10. The molecule has 3 aromatic rings. The first-order valence-corrected chi connectivity index (χ1v) is 10.6. The van der Waals surface area contributed by atoms with Crippen LogP contribution in [0.4, 0.5) is 5.13 Å². The number of amides is 2. The van der Waals surface area contributed by atoms with Crippen molar-refractivity contribution in [3.05, 3.63) is 58.0 Å². The first-order chi connectivity index (χ1) is 13.7. The molecule has 4 rings (SSSR count). The molecule has 1 fully saturated rings. The molecule has 0 radical (unpaired) electrons. The number of benzene rings is 1. The summed E-state index contributed by atoms with van der Waals surface area (Å²) in [6.45, 7) is 0.905. The monoisotopic (exact) mass is 414 g/mol. The van der Waals surface area contributed by atoms with Crippen LogP contribution in [0.15, 0.2) is 46.7 Å². The zero-order chi connectivity index (χ0) is 19.3.